The van der Waals surface area contributed by atoms with Crippen LogP contribution in [0.15, 0.2) is 79.1 Å². The Hall–Kier alpha value is -4.36. The normalized spacial score (nSPS) is 11.0. The minimum absolute atomic E-state index is 0.265. The van der Waals surface area contributed by atoms with E-state index in [0.29, 0.717) is 28.5 Å². The summed E-state index contributed by atoms with van der Waals surface area (Å²) < 4.78 is 1.69. The van der Waals surface area contributed by atoms with Gasteiger partial charge in [-0.1, -0.05) is 35.9 Å². The lowest BCUT2D eigenvalue weighted by molar-refractivity contribution is 0.102. The Morgan fingerprint density at radius 2 is 1.97 bits per heavy atom. The van der Waals surface area contributed by atoms with Crippen LogP contribution in [0.4, 0.5) is 11.4 Å². The summed E-state index contributed by atoms with van der Waals surface area (Å²) in [6, 6.07) is 20.7. The van der Waals surface area contributed by atoms with Crippen LogP contribution in [-0.2, 0) is 6.54 Å². The van der Waals surface area contributed by atoms with Crippen molar-refractivity contribution in [2.24, 2.45) is 0 Å². The van der Waals surface area contributed by atoms with Gasteiger partial charge in [-0.3, -0.25) is 9.48 Å². The van der Waals surface area contributed by atoms with E-state index in [9.17, 15) is 4.79 Å². The summed E-state index contributed by atoms with van der Waals surface area (Å²) in [5.74, 6) is -0.380. The van der Waals surface area contributed by atoms with Gasteiger partial charge in [0, 0.05) is 45.8 Å². The summed E-state index contributed by atoms with van der Waals surface area (Å²) in [5, 5.41) is 16.8. The number of amides is 1. The molecule has 2 aromatic heterocycles. The van der Waals surface area contributed by atoms with Crippen LogP contribution in [-0.4, -0.2) is 26.9 Å². The predicted octanol–water partition coefficient (Wildman–Crippen LogP) is 5.57. The Morgan fingerprint density at radius 1 is 1.15 bits per heavy atom. The molecule has 0 aliphatic rings. The monoisotopic (exact) mass is 468 g/mol. The molecule has 34 heavy (non-hydrogen) atoms. The fraction of sp³-hybridized carbons (Fsp3) is 0.0385. The maximum Gasteiger partial charge on any atom is 0.276 e. The molecule has 0 aliphatic heterocycles. The van der Waals surface area contributed by atoms with Crippen molar-refractivity contribution < 1.29 is 4.79 Å². The van der Waals surface area contributed by atoms with Gasteiger partial charge in [-0.25, -0.2) is 0 Å². The smallest absolute Gasteiger partial charge is 0.276 e. The third kappa shape index (κ3) is 4.16. The standard InChI is InChI=1S/C26H21ClN6O/c27-18-6-4-16(5-7-18)15-33-11-9-24(32-33)26(34)31-25-13-17(12-22(29)21(25)14-28)19-2-1-3-23-20(19)8-10-30-23/h1-14,28,30H,15,29H2,(H,31,34). The maximum absolute atomic E-state index is 13.0. The van der Waals surface area contributed by atoms with Gasteiger partial charge in [0.15, 0.2) is 5.69 Å². The highest BCUT2D eigenvalue weighted by molar-refractivity contribution is 6.30. The molecule has 0 saturated heterocycles. The van der Waals surface area contributed by atoms with Crippen LogP contribution < -0.4 is 11.1 Å². The van der Waals surface area contributed by atoms with Gasteiger partial charge in [-0.05, 0) is 59.2 Å². The Labute approximate surface area is 200 Å². The SMILES string of the molecule is N=Cc1c(N)cc(-c2cccc3[nH]ccc23)cc1NC(=O)c1ccn(Cc2ccc(Cl)cc2)n1. The van der Waals surface area contributed by atoms with E-state index in [4.69, 9.17) is 22.7 Å². The average Bonchev–Trinajstić information content (AvgIpc) is 3.50. The summed E-state index contributed by atoms with van der Waals surface area (Å²) in [6.45, 7) is 0.513. The van der Waals surface area contributed by atoms with Gasteiger partial charge in [0.1, 0.15) is 0 Å². The highest BCUT2D eigenvalue weighted by atomic mass is 35.5. The summed E-state index contributed by atoms with van der Waals surface area (Å²) in [5.41, 5.74) is 11.7. The molecule has 0 saturated carbocycles. The number of nitrogens with zero attached hydrogens (tertiary/aromatic N) is 2. The summed E-state index contributed by atoms with van der Waals surface area (Å²) in [4.78, 5) is 16.2. The molecule has 0 bridgehead atoms. The number of nitrogens with one attached hydrogen (secondary N) is 3. The minimum Gasteiger partial charge on any atom is -0.398 e. The number of H-pyrrole nitrogens is 1. The van der Waals surface area contributed by atoms with Crippen molar-refractivity contribution >= 4 is 46.0 Å². The number of fused-ring (bicyclic) bond motifs is 1. The molecule has 0 aliphatic carbocycles. The number of anilines is 2. The van der Waals surface area contributed by atoms with Gasteiger partial charge in [0.05, 0.1) is 12.2 Å². The fourth-order valence-electron chi connectivity index (χ4n) is 3.97. The van der Waals surface area contributed by atoms with Gasteiger partial charge < -0.3 is 21.4 Å². The van der Waals surface area contributed by atoms with E-state index < -0.39 is 0 Å². The Kier molecular flexibility index (Phi) is 5.61. The number of nitrogen functional groups attached to an aromatic ring is 1. The average molecular weight is 469 g/mol. The zero-order valence-corrected chi connectivity index (χ0v) is 18.8. The largest absolute Gasteiger partial charge is 0.398 e. The first-order valence-electron chi connectivity index (χ1n) is 10.6. The molecule has 0 fully saturated rings. The van der Waals surface area contributed by atoms with Crippen LogP contribution in [0, 0.1) is 5.41 Å². The Morgan fingerprint density at radius 3 is 2.76 bits per heavy atom. The van der Waals surface area contributed by atoms with Gasteiger partial charge in [-0.2, -0.15) is 5.10 Å². The van der Waals surface area contributed by atoms with Crippen LogP contribution in [0.3, 0.4) is 0 Å². The zero-order chi connectivity index (χ0) is 23.7. The van der Waals surface area contributed by atoms with Crippen LogP contribution in [0.5, 0.6) is 0 Å². The van der Waals surface area contributed by atoms with Crippen molar-refractivity contribution in [1.82, 2.24) is 14.8 Å². The molecule has 0 radical (unpaired) electrons. The van der Waals surface area contributed by atoms with Crippen molar-refractivity contribution in [3.8, 4) is 11.1 Å². The first-order valence-corrected chi connectivity index (χ1v) is 11.0. The molecule has 8 heteroatoms. The molecule has 5 N–H and O–H groups in total. The van der Waals surface area contributed by atoms with E-state index in [1.807, 2.05) is 66.9 Å². The van der Waals surface area contributed by atoms with E-state index in [2.05, 4.69) is 15.4 Å². The molecule has 0 atom stereocenters. The second kappa shape index (κ2) is 8.88. The van der Waals surface area contributed by atoms with E-state index in [1.165, 1.54) is 0 Å². The molecular weight excluding hydrogens is 448 g/mol. The van der Waals surface area contributed by atoms with E-state index in [0.717, 1.165) is 33.8 Å². The number of nitrogens with two attached hydrogens (primary N) is 1. The van der Waals surface area contributed by atoms with Crippen LogP contribution >= 0.6 is 11.6 Å². The molecule has 3 aromatic carbocycles. The number of aromatic amines is 1. The van der Waals surface area contributed by atoms with E-state index >= 15 is 0 Å². The van der Waals surface area contributed by atoms with Crippen molar-refractivity contribution in [3.63, 3.8) is 0 Å². The Bertz CT molecular complexity index is 1520. The summed E-state index contributed by atoms with van der Waals surface area (Å²) >= 11 is 5.94. The number of aromatic nitrogens is 3. The second-order valence-corrected chi connectivity index (χ2v) is 8.33. The summed E-state index contributed by atoms with van der Waals surface area (Å²) in [6.07, 6.45) is 4.77. The molecule has 1 amide bonds. The molecule has 5 rings (SSSR count). The van der Waals surface area contributed by atoms with Gasteiger partial charge in [0.25, 0.3) is 5.91 Å². The van der Waals surface area contributed by atoms with Crippen LogP contribution in [0.25, 0.3) is 22.0 Å². The molecule has 0 unspecified atom stereocenters. The topological polar surface area (TPSA) is 113 Å². The first kappa shape index (κ1) is 21.5. The lowest BCUT2D eigenvalue weighted by Gasteiger charge is -2.13. The second-order valence-electron chi connectivity index (χ2n) is 7.89. The lowest BCUT2D eigenvalue weighted by Crippen LogP contribution is -2.15. The first-order chi connectivity index (χ1) is 16.5. The fourth-order valence-corrected chi connectivity index (χ4v) is 4.09. The maximum atomic E-state index is 13.0. The van der Waals surface area contributed by atoms with Crippen molar-refractivity contribution in [3.05, 3.63) is 101 Å². The van der Waals surface area contributed by atoms with Crippen LogP contribution in [0.2, 0.25) is 5.02 Å². The molecule has 168 valence electrons. The molecule has 0 spiro atoms. The number of carbonyl (C=O) groups is 1. The summed E-state index contributed by atoms with van der Waals surface area (Å²) in [7, 11) is 0. The highest BCUT2D eigenvalue weighted by Crippen LogP contribution is 2.34. The molecule has 2 heterocycles. The third-order valence-corrected chi connectivity index (χ3v) is 5.89. The zero-order valence-electron chi connectivity index (χ0n) is 18.0. The van der Waals surface area contributed by atoms with Crippen LogP contribution in [0.1, 0.15) is 21.6 Å². The van der Waals surface area contributed by atoms with Crippen molar-refractivity contribution in [1.29, 1.82) is 5.41 Å². The minimum atomic E-state index is -0.380. The van der Waals surface area contributed by atoms with Gasteiger partial charge in [0.2, 0.25) is 0 Å². The number of rotatable bonds is 6. The number of hydrogen-bond acceptors (Lipinski definition) is 4. The number of halogens is 1. The van der Waals surface area contributed by atoms with E-state index in [-0.39, 0.29) is 11.6 Å². The van der Waals surface area contributed by atoms with Gasteiger partial charge in [-0.15, -0.1) is 0 Å². The number of carbonyl (C=O) groups excluding carboxylic acids is 1. The third-order valence-electron chi connectivity index (χ3n) is 5.64. The van der Waals surface area contributed by atoms with Crippen molar-refractivity contribution in [2.45, 2.75) is 6.54 Å². The number of hydrogen-bond donors (Lipinski definition) is 4. The highest BCUT2D eigenvalue weighted by Gasteiger charge is 2.16. The molecular formula is C26H21ClN6O. The molecule has 5 aromatic rings. The Balaban J connectivity index is 1.43. The lowest BCUT2D eigenvalue weighted by atomic mass is 9.98. The van der Waals surface area contributed by atoms with Crippen molar-refractivity contribution in [2.75, 3.05) is 11.1 Å². The quantitative estimate of drug-likeness (QED) is 0.193. The molecule has 7 nitrogen and oxygen atoms in total. The van der Waals surface area contributed by atoms with Gasteiger partial charge >= 0.3 is 0 Å². The number of benzene rings is 3. The predicted molar refractivity (Wildman–Crippen MR) is 137 cm³/mol. The van der Waals surface area contributed by atoms with E-state index in [1.54, 1.807) is 16.9 Å².